The summed E-state index contributed by atoms with van der Waals surface area (Å²) in [7, 11) is 0. The van der Waals surface area contributed by atoms with E-state index in [1.807, 2.05) is 32.9 Å². The van der Waals surface area contributed by atoms with Crippen molar-refractivity contribution >= 4 is 46.6 Å². The highest BCUT2D eigenvalue weighted by molar-refractivity contribution is 6.47. The number of nitrogens with one attached hydrogen (secondary N) is 1. The first-order valence-electron chi connectivity index (χ1n) is 8.78. The number of aryl methyl sites for hydroxylation is 1. The molecule has 0 saturated heterocycles. The number of halogens is 2. The van der Waals surface area contributed by atoms with Gasteiger partial charge in [0.1, 0.15) is 0 Å². The molecule has 1 unspecified atom stereocenters. The van der Waals surface area contributed by atoms with Crippen LogP contribution < -0.4 is 15.9 Å². The van der Waals surface area contributed by atoms with Gasteiger partial charge in [-0.3, -0.25) is 15.0 Å². The van der Waals surface area contributed by atoms with E-state index in [4.69, 9.17) is 23.2 Å². The summed E-state index contributed by atoms with van der Waals surface area (Å²) in [6.45, 7) is 13.2. The van der Waals surface area contributed by atoms with Crippen LogP contribution in [-0.2, 0) is 9.59 Å². The largest absolute Gasteiger partial charge is 0.292 e. The molecular formula is C21H24Cl2N2O2. The van der Waals surface area contributed by atoms with Crippen molar-refractivity contribution in [3.8, 4) is 0 Å². The Morgan fingerprint density at radius 2 is 1.78 bits per heavy atom. The fourth-order valence-corrected chi connectivity index (χ4v) is 3.12. The van der Waals surface area contributed by atoms with E-state index in [-0.39, 0.29) is 17.7 Å². The lowest BCUT2D eigenvalue weighted by Crippen LogP contribution is -2.44. The number of benzene rings is 1. The van der Waals surface area contributed by atoms with E-state index in [2.05, 4.69) is 12.0 Å². The standard InChI is InChI=1S/C21H24Cl2N2O2/c1-7-11(2)18(24-25-20(26)13(4)14(5)21(25)27)10-17(22)16-9-8-12(3)19(23)15(16)6/h8-11,24H,6-7H2,1-5H3/b17-16+,18-10+. The second-order valence-corrected chi connectivity index (χ2v) is 7.57. The highest BCUT2D eigenvalue weighted by Gasteiger charge is 2.34. The Morgan fingerprint density at radius 1 is 1.22 bits per heavy atom. The summed E-state index contributed by atoms with van der Waals surface area (Å²) in [5.41, 5.74) is 5.44. The van der Waals surface area contributed by atoms with Crippen LogP contribution in [-0.4, -0.2) is 16.8 Å². The maximum absolute atomic E-state index is 12.4. The minimum Gasteiger partial charge on any atom is -0.292 e. The molecular weight excluding hydrogens is 383 g/mol. The Labute approximate surface area is 169 Å². The van der Waals surface area contributed by atoms with Crippen LogP contribution in [0.5, 0.6) is 0 Å². The molecule has 1 aromatic carbocycles. The Morgan fingerprint density at radius 3 is 2.30 bits per heavy atom. The molecule has 0 aliphatic carbocycles. The molecule has 2 rings (SSSR count). The number of rotatable bonds is 5. The van der Waals surface area contributed by atoms with Crippen LogP contribution >= 0.6 is 23.2 Å². The van der Waals surface area contributed by atoms with E-state index in [9.17, 15) is 9.59 Å². The fraction of sp³-hybridized carbons (Fsp3) is 0.333. The van der Waals surface area contributed by atoms with Gasteiger partial charge in [0.2, 0.25) is 0 Å². The fourth-order valence-electron chi connectivity index (χ4n) is 2.66. The van der Waals surface area contributed by atoms with E-state index in [0.29, 0.717) is 37.3 Å². The van der Waals surface area contributed by atoms with Crippen molar-refractivity contribution in [2.45, 2.75) is 41.0 Å². The molecule has 6 heteroatoms. The lowest BCUT2D eigenvalue weighted by molar-refractivity contribution is -0.140. The van der Waals surface area contributed by atoms with E-state index in [0.717, 1.165) is 17.0 Å². The van der Waals surface area contributed by atoms with E-state index in [1.54, 1.807) is 19.9 Å². The predicted molar refractivity (Wildman–Crippen MR) is 111 cm³/mol. The quantitative estimate of drug-likeness (QED) is 0.760. The number of hydrazine groups is 1. The molecule has 1 aromatic rings. The Kier molecular flexibility index (Phi) is 6.55. The van der Waals surface area contributed by atoms with Crippen molar-refractivity contribution in [1.82, 2.24) is 10.4 Å². The SMILES string of the molecule is C=c1c(Cl)c(C)cc/c1=C(Cl)/C=C(/NN1C(=O)C(C)=C(C)C1=O)C(C)CC. The summed E-state index contributed by atoms with van der Waals surface area (Å²) in [5, 5.41) is 3.39. The predicted octanol–water partition coefficient (Wildman–Crippen LogP) is 3.55. The Balaban J connectivity index is 2.51. The van der Waals surface area contributed by atoms with Gasteiger partial charge in [0.15, 0.2) is 0 Å². The molecule has 0 radical (unpaired) electrons. The normalized spacial score (nSPS) is 17.6. The minimum atomic E-state index is -0.348. The lowest BCUT2D eigenvalue weighted by atomic mass is 10.0. The van der Waals surface area contributed by atoms with Crippen molar-refractivity contribution in [3.05, 3.63) is 56.1 Å². The number of amides is 2. The topological polar surface area (TPSA) is 49.4 Å². The van der Waals surface area contributed by atoms with Crippen LogP contribution in [0.3, 0.4) is 0 Å². The van der Waals surface area contributed by atoms with Crippen LogP contribution in [0.15, 0.2) is 35.1 Å². The van der Waals surface area contributed by atoms with Gasteiger partial charge < -0.3 is 0 Å². The third-order valence-electron chi connectivity index (χ3n) is 4.97. The van der Waals surface area contributed by atoms with Crippen molar-refractivity contribution in [1.29, 1.82) is 0 Å². The molecule has 1 heterocycles. The highest BCUT2D eigenvalue weighted by Crippen LogP contribution is 2.22. The average Bonchev–Trinajstić information content (AvgIpc) is 2.82. The number of carbonyl (C=O) groups is 2. The first-order valence-corrected chi connectivity index (χ1v) is 9.54. The molecule has 2 amide bonds. The summed E-state index contributed by atoms with van der Waals surface area (Å²) >= 11 is 12.8. The zero-order chi connectivity index (χ0) is 20.5. The van der Waals surface area contributed by atoms with Crippen LogP contribution in [0.25, 0.3) is 11.6 Å². The monoisotopic (exact) mass is 406 g/mol. The number of hydrogen-bond acceptors (Lipinski definition) is 3. The first kappa shape index (κ1) is 21.3. The van der Waals surface area contributed by atoms with Crippen molar-refractivity contribution < 1.29 is 9.59 Å². The van der Waals surface area contributed by atoms with Crippen LogP contribution in [0.1, 0.15) is 39.7 Å². The molecule has 0 fully saturated rings. The molecule has 1 atom stereocenters. The van der Waals surface area contributed by atoms with Gasteiger partial charge in [-0.05, 0) is 50.0 Å². The zero-order valence-corrected chi connectivity index (χ0v) is 17.8. The van der Waals surface area contributed by atoms with Gasteiger partial charge in [-0.25, -0.2) is 0 Å². The summed E-state index contributed by atoms with van der Waals surface area (Å²) in [6, 6.07) is 3.74. The van der Waals surface area contributed by atoms with E-state index < -0.39 is 0 Å². The van der Waals surface area contributed by atoms with Gasteiger partial charge in [-0.2, -0.15) is 5.01 Å². The Hall–Kier alpha value is -2.04. The number of allylic oxidation sites excluding steroid dienone is 2. The van der Waals surface area contributed by atoms with E-state index in [1.165, 1.54) is 0 Å². The third-order valence-corrected chi connectivity index (χ3v) is 5.81. The van der Waals surface area contributed by atoms with Crippen LogP contribution in [0.4, 0.5) is 0 Å². The third kappa shape index (κ3) is 4.12. The van der Waals surface area contributed by atoms with Crippen molar-refractivity contribution in [2.24, 2.45) is 5.92 Å². The molecule has 1 aliphatic rings. The highest BCUT2D eigenvalue weighted by atomic mass is 35.5. The molecule has 1 aliphatic heterocycles. The molecule has 1 N–H and O–H groups in total. The number of imide groups is 1. The number of hydrogen-bond donors (Lipinski definition) is 1. The van der Waals surface area contributed by atoms with Crippen molar-refractivity contribution in [3.63, 3.8) is 0 Å². The molecule has 4 nitrogen and oxygen atoms in total. The van der Waals surface area contributed by atoms with Crippen LogP contribution in [0, 0.1) is 12.8 Å². The van der Waals surface area contributed by atoms with Gasteiger partial charge in [0.25, 0.3) is 11.8 Å². The minimum absolute atomic E-state index is 0.0507. The molecule has 0 aromatic heterocycles. The average molecular weight is 407 g/mol. The molecule has 0 saturated carbocycles. The first-order chi connectivity index (χ1) is 12.6. The molecule has 144 valence electrons. The second-order valence-electron chi connectivity index (χ2n) is 6.79. The smallest absolute Gasteiger partial charge is 0.275 e. The molecule has 0 spiro atoms. The van der Waals surface area contributed by atoms with Gasteiger partial charge in [0.05, 0.1) is 10.1 Å². The number of carbonyl (C=O) groups excluding carboxylic acids is 2. The van der Waals surface area contributed by atoms with E-state index >= 15 is 0 Å². The maximum Gasteiger partial charge on any atom is 0.275 e. The van der Waals surface area contributed by atoms with Gasteiger partial charge in [0, 0.05) is 22.1 Å². The summed E-state index contributed by atoms with van der Waals surface area (Å²) < 4.78 is 0. The van der Waals surface area contributed by atoms with Gasteiger partial charge >= 0.3 is 0 Å². The molecule has 27 heavy (non-hydrogen) atoms. The number of nitrogens with zero attached hydrogens (tertiary/aromatic N) is 1. The van der Waals surface area contributed by atoms with Gasteiger partial charge in [-0.15, -0.1) is 0 Å². The second kappa shape index (κ2) is 8.32. The Bertz CT molecular complexity index is 953. The summed E-state index contributed by atoms with van der Waals surface area (Å²) in [6.07, 6.45) is 2.53. The van der Waals surface area contributed by atoms with Gasteiger partial charge in [-0.1, -0.05) is 55.8 Å². The van der Waals surface area contributed by atoms with Crippen molar-refractivity contribution in [2.75, 3.05) is 0 Å². The molecule has 0 bridgehead atoms. The zero-order valence-electron chi connectivity index (χ0n) is 16.2. The summed E-state index contributed by atoms with van der Waals surface area (Å²) in [4.78, 5) is 24.7. The maximum atomic E-state index is 12.4. The summed E-state index contributed by atoms with van der Waals surface area (Å²) in [5.74, 6) is -0.646. The lowest BCUT2D eigenvalue weighted by Gasteiger charge is -2.23. The van der Waals surface area contributed by atoms with Crippen LogP contribution in [0.2, 0.25) is 5.02 Å².